The third-order valence-electron chi connectivity index (χ3n) is 4.23. The molecule has 0 saturated carbocycles. The molecule has 0 heterocycles. The van der Waals surface area contributed by atoms with E-state index in [1.807, 2.05) is 60.7 Å². The molecule has 1 atom stereocenters. The summed E-state index contributed by atoms with van der Waals surface area (Å²) >= 11 is 0. The van der Waals surface area contributed by atoms with Gasteiger partial charge in [0.05, 0.1) is 7.11 Å². The molecule has 3 rings (SSSR count). The minimum absolute atomic E-state index is 0.457. The van der Waals surface area contributed by atoms with Crippen LogP contribution in [0.2, 0.25) is 0 Å². The molecule has 0 fully saturated rings. The average molecular weight is 390 g/mol. The topological polar surface area (TPSA) is 76.7 Å². The number of hydrogen-bond acceptors (Lipinski definition) is 4. The lowest BCUT2D eigenvalue weighted by atomic mass is 10.1. The normalized spacial score (nSPS) is 11.8. The van der Waals surface area contributed by atoms with E-state index < -0.39 is 17.9 Å². The summed E-state index contributed by atoms with van der Waals surface area (Å²) < 4.78 is 10.8. The Hall–Kier alpha value is -3.80. The summed E-state index contributed by atoms with van der Waals surface area (Å²) in [5.41, 5.74) is 5.50. The van der Waals surface area contributed by atoms with Crippen molar-refractivity contribution in [3.63, 3.8) is 0 Å². The van der Waals surface area contributed by atoms with Gasteiger partial charge in [-0.2, -0.15) is 0 Å². The van der Waals surface area contributed by atoms with Crippen LogP contribution in [0.4, 0.5) is 0 Å². The number of hydrogen-bond donors (Lipinski definition) is 2. The monoisotopic (exact) mass is 390 g/mol. The second kappa shape index (κ2) is 9.41. The van der Waals surface area contributed by atoms with Crippen molar-refractivity contribution in [1.82, 2.24) is 10.9 Å². The fraction of sp³-hybridized carbons (Fsp3) is 0.130. The van der Waals surface area contributed by atoms with Gasteiger partial charge in [0.15, 0.2) is 6.10 Å². The molecule has 3 aromatic rings. The molecular formula is C23H22N2O4. The highest BCUT2D eigenvalue weighted by Crippen LogP contribution is 2.21. The summed E-state index contributed by atoms with van der Waals surface area (Å²) in [6.45, 7) is 1.61. The summed E-state index contributed by atoms with van der Waals surface area (Å²) in [5.74, 6) is 0.358. The van der Waals surface area contributed by atoms with Gasteiger partial charge in [-0.05, 0) is 53.6 Å². The molecule has 0 aliphatic carbocycles. The molecule has 0 aliphatic rings. The number of amides is 2. The van der Waals surface area contributed by atoms with E-state index in [-0.39, 0.29) is 0 Å². The molecule has 0 aromatic heterocycles. The highest BCUT2D eigenvalue weighted by atomic mass is 16.5. The van der Waals surface area contributed by atoms with Gasteiger partial charge < -0.3 is 9.47 Å². The fourth-order valence-corrected chi connectivity index (χ4v) is 2.68. The van der Waals surface area contributed by atoms with E-state index in [0.717, 1.165) is 16.3 Å². The van der Waals surface area contributed by atoms with Crippen molar-refractivity contribution in [2.45, 2.75) is 13.0 Å². The van der Waals surface area contributed by atoms with E-state index >= 15 is 0 Å². The molecule has 148 valence electrons. The van der Waals surface area contributed by atoms with Crippen LogP contribution in [0.5, 0.6) is 11.5 Å². The molecule has 0 radical (unpaired) electrons. The quantitative estimate of drug-likeness (QED) is 0.499. The first kappa shape index (κ1) is 19.9. The lowest BCUT2D eigenvalue weighted by molar-refractivity contribution is -0.131. The Morgan fingerprint density at radius 1 is 0.897 bits per heavy atom. The van der Waals surface area contributed by atoms with Crippen LogP contribution >= 0.6 is 0 Å². The first-order chi connectivity index (χ1) is 14.0. The Kier molecular flexibility index (Phi) is 6.47. The van der Waals surface area contributed by atoms with Crippen LogP contribution < -0.4 is 20.3 Å². The first-order valence-electron chi connectivity index (χ1n) is 9.12. The maximum absolute atomic E-state index is 12.2. The van der Waals surface area contributed by atoms with Crippen LogP contribution in [0.3, 0.4) is 0 Å². The number of methoxy groups -OCH3 is 1. The maximum atomic E-state index is 12.2. The number of fused-ring (bicyclic) bond motifs is 1. The van der Waals surface area contributed by atoms with Crippen LogP contribution in [0.1, 0.15) is 12.5 Å². The van der Waals surface area contributed by atoms with E-state index in [2.05, 4.69) is 10.9 Å². The van der Waals surface area contributed by atoms with Crippen LogP contribution in [0.15, 0.2) is 72.8 Å². The van der Waals surface area contributed by atoms with Crippen LogP contribution in [-0.2, 0) is 9.59 Å². The zero-order valence-electron chi connectivity index (χ0n) is 16.2. The SMILES string of the molecule is COc1cccc(/C=C/C(=O)NNC(=O)[C@H](C)Oc2ccc3ccccc3c2)c1. The lowest BCUT2D eigenvalue weighted by Crippen LogP contribution is -2.46. The second-order valence-electron chi connectivity index (χ2n) is 6.36. The highest BCUT2D eigenvalue weighted by molar-refractivity contribution is 5.93. The minimum atomic E-state index is -0.779. The summed E-state index contributed by atoms with van der Waals surface area (Å²) in [6, 6.07) is 20.8. The predicted molar refractivity (Wildman–Crippen MR) is 112 cm³/mol. The Balaban J connectivity index is 1.50. The van der Waals surface area contributed by atoms with Crippen molar-refractivity contribution in [1.29, 1.82) is 0 Å². The van der Waals surface area contributed by atoms with Crippen LogP contribution in [-0.4, -0.2) is 25.0 Å². The van der Waals surface area contributed by atoms with E-state index in [9.17, 15) is 9.59 Å². The molecular weight excluding hydrogens is 368 g/mol. The molecule has 3 aromatic carbocycles. The number of carbonyl (C=O) groups is 2. The first-order valence-corrected chi connectivity index (χ1v) is 9.12. The third-order valence-corrected chi connectivity index (χ3v) is 4.23. The van der Waals surface area contributed by atoms with E-state index in [0.29, 0.717) is 11.5 Å². The van der Waals surface area contributed by atoms with Gasteiger partial charge in [0.25, 0.3) is 11.8 Å². The van der Waals surface area contributed by atoms with Gasteiger partial charge >= 0.3 is 0 Å². The van der Waals surface area contributed by atoms with Crippen LogP contribution in [0, 0.1) is 0 Å². The highest BCUT2D eigenvalue weighted by Gasteiger charge is 2.15. The van der Waals surface area contributed by atoms with Gasteiger partial charge in [-0.3, -0.25) is 20.4 Å². The molecule has 0 aliphatic heterocycles. The van der Waals surface area contributed by atoms with E-state index in [1.165, 1.54) is 6.08 Å². The smallest absolute Gasteiger partial charge is 0.279 e. The molecule has 6 nitrogen and oxygen atoms in total. The Morgan fingerprint density at radius 2 is 1.69 bits per heavy atom. The van der Waals surface area contributed by atoms with Crippen molar-refractivity contribution in [2.24, 2.45) is 0 Å². The third kappa shape index (κ3) is 5.59. The van der Waals surface area contributed by atoms with Crippen molar-refractivity contribution in [2.75, 3.05) is 7.11 Å². The summed E-state index contributed by atoms with van der Waals surface area (Å²) in [4.78, 5) is 24.1. The summed E-state index contributed by atoms with van der Waals surface area (Å²) in [6.07, 6.45) is 2.17. The van der Waals surface area contributed by atoms with Gasteiger partial charge in [0, 0.05) is 6.08 Å². The molecule has 6 heteroatoms. The Labute approximate surface area is 169 Å². The van der Waals surface area contributed by atoms with Crippen molar-refractivity contribution >= 4 is 28.7 Å². The molecule has 0 saturated heterocycles. The van der Waals surface area contributed by atoms with Gasteiger partial charge in [-0.1, -0.05) is 42.5 Å². The molecule has 0 spiro atoms. The Morgan fingerprint density at radius 3 is 2.48 bits per heavy atom. The summed E-state index contributed by atoms with van der Waals surface area (Å²) in [7, 11) is 1.58. The predicted octanol–water partition coefficient (Wildman–Crippen LogP) is 3.48. The van der Waals surface area contributed by atoms with Gasteiger partial charge in [0.2, 0.25) is 0 Å². The molecule has 2 amide bonds. The van der Waals surface area contributed by atoms with E-state index in [4.69, 9.17) is 9.47 Å². The van der Waals surface area contributed by atoms with Crippen LogP contribution in [0.25, 0.3) is 16.8 Å². The second-order valence-corrected chi connectivity index (χ2v) is 6.36. The lowest BCUT2D eigenvalue weighted by Gasteiger charge is -2.15. The number of ether oxygens (including phenoxy) is 2. The molecule has 0 unspecified atom stereocenters. The van der Waals surface area contributed by atoms with Crippen molar-refractivity contribution < 1.29 is 19.1 Å². The number of hydrazine groups is 1. The number of nitrogens with one attached hydrogen (secondary N) is 2. The van der Waals surface area contributed by atoms with Crippen molar-refractivity contribution in [3.8, 4) is 11.5 Å². The fourth-order valence-electron chi connectivity index (χ4n) is 2.68. The minimum Gasteiger partial charge on any atom is -0.497 e. The zero-order chi connectivity index (χ0) is 20.6. The van der Waals surface area contributed by atoms with Gasteiger partial charge in [-0.15, -0.1) is 0 Å². The zero-order valence-corrected chi connectivity index (χ0v) is 16.2. The molecule has 2 N–H and O–H groups in total. The van der Waals surface area contributed by atoms with E-state index in [1.54, 1.807) is 26.2 Å². The van der Waals surface area contributed by atoms with Gasteiger partial charge in [0.1, 0.15) is 11.5 Å². The molecule has 29 heavy (non-hydrogen) atoms. The Bertz CT molecular complexity index is 1050. The molecule has 0 bridgehead atoms. The standard InChI is InChI=1S/C23H22N2O4/c1-16(29-21-12-11-18-7-3-4-8-19(18)15-21)23(27)25-24-22(26)13-10-17-6-5-9-20(14-17)28-2/h3-16H,1-2H3,(H,24,26)(H,25,27)/b13-10+/t16-/m0/s1. The number of carbonyl (C=O) groups excluding carboxylic acids is 2. The maximum Gasteiger partial charge on any atom is 0.279 e. The average Bonchev–Trinajstić information content (AvgIpc) is 2.76. The van der Waals surface area contributed by atoms with Crippen molar-refractivity contribution in [3.05, 3.63) is 78.4 Å². The van der Waals surface area contributed by atoms with Gasteiger partial charge in [-0.25, -0.2) is 0 Å². The summed E-state index contributed by atoms with van der Waals surface area (Å²) in [5, 5.41) is 2.11. The largest absolute Gasteiger partial charge is 0.497 e. The number of benzene rings is 3. The number of rotatable bonds is 6.